The van der Waals surface area contributed by atoms with Crippen LogP contribution in [-0.4, -0.2) is 35.3 Å². The lowest BCUT2D eigenvalue weighted by molar-refractivity contribution is -0.150. The summed E-state index contributed by atoms with van der Waals surface area (Å²) in [4.78, 5) is 35.4. The Kier molecular flexibility index (Phi) is 3.67. The van der Waals surface area contributed by atoms with E-state index in [2.05, 4.69) is 0 Å². The van der Waals surface area contributed by atoms with Gasteiger partial charge < -0.3 is 4.74 Å². The first-order valence-electron chi connectivity index (χ1n) is 5.36. The predicted molar refractivity (Wildman–Crippen MR) is 56.3 cm³/mol. The van der Waals surface area contributed by atoms with Crippen molar-refractivity contribution in [2.75, 3.05) is 6.61 Å². The zero-order valence-corrected chi connectivity index (χ0v) is 10.0. The third-order valence-electron chi connectivity index (χ3n) is 2.97. The smallest absolute Gasteiger partial charge is 0.302 e. The molecule has 1 aliphatic heterocycles. The molecule has 5 nitrogen and oxygen atoms in total. The van der Waals surface area contributed by atoms with Gasteiger partial charge >= 0.3 is 5.97 Å². The second-order valence-electron chi connectivity index (χ2n) is 4.28. The lowest BCUT2D eigenvalue weighted by Gasteiger charge is -2.22. The molecule has 0 aromatic rings. The topological polar surface area (TPSA) is 63.7 Å². The van der Waals surface area contributed by atoms with Crippen LogP contribution in [0.3, 0.4) is 0 Å². The van der Waals surface area contributed by atoms with Crippen LogP contribution in [-0.2, 0) is 19.1 Å². The van der Waals surface area contributed by atoms with Gasteiger partial charge in [0.2, 0.25) is 11.8 Å². The highest BCUT2D eigenvalue weighted by Gasteiger charge is 2.44. The summed E-state index contributed by atoms with van der Waals surface area (Å²) in [5.74, 6) is -1.35. The van der Waals surface area contributed by atoms with Gasteiger partial charge in [-0.2, -0.15) is 0 Å². The molecule has 0 aromatic heterocycles. The van der Waals surface area contributed by atoms with E-state index >= 15 is 0 Å². The summed E-state index contributed by atoms with van der Waals surface area (Å²) < 4.78 is 4.80. The molecule has 5 heteroatoms. The van der Waals surface area contributed by atoms with E-state index in [1.165, 1.54) is 11.8 Å². The SMILES string of the molecule is CC(=O)OC[C@H](C)N1C(=O)C(C)[C@H](C)C1=O. The Balaban J connectivity index is 2.69. The van der Waals surface area contributed by atoms with Crippen molar-refractivity contribution in [2.24, 2.45) is 11.8 Å². The first-order valence-corrected chi connectivity index (χ1v) is 5.36. The van der Waals surface area contributed by atoms with Gasteiger partial charge in [-0.15, -0.1) is 0 Å². The van der Waals surface area contributed by atoms with Crippen molar-refractivity contribution in [2.45, 2.75) is 33.7 Å². The maximum atomic E-state index is 11.8. The average Bonchev–Trinajstić information content (AvgIpc) is 2.40. The van der Waals surface area contributed by atoms with Crippen molar-refractivity contribution < 1.29 is 19.1 Å². The van der Waals surface area contributed by atoms with Crippen LogP contribution in [0.5, 0.6) is 0 Å². The van der Waals surface area contributed by atoms with Crippen molar-refractivity contribution in [3.63, 3.8) is 0 Å². The van der Waals surface area contributed by atoms with Crippen molar-refractivity contribution in [1.29, 1.82) is 0 Å². The number of carbonyl (C=O) groups is 3. The number of likely N-dealkylation sites (tertiary alicyclic amines) is 1. The van der Waals surface area contributed by atoms with Gasteiger partial charge in [-0.1, -0.05) is 13.8 Å². The van der Waals surface area contributed by atoms with E-state index in [4.69, 9.17) is 4.74 Å². The quantitative estimate of drug-likeness (QED) is 0.522. The Labute approximate surface area is 94.7 Å². The second kappa shape index (κ2) is 4.63. The highest BCUT2D eigenvalue weighted by atomic mass is 16.5. The fourth-order valence-electron chi connectivity index (χ4n) is 1.72. The third kappa shape index (κ3) is 2.23. The number of hydrogen-bond donors (Lipinski definition) is 0. The average molecular weight is 227 g/mol. The van der Waals surface area contributed by atoms with E-state index in [-0.39, 0.29) is 30.3 Å². The molecule has 1 rings (SSSR count). The van der Waals surface area contributed by atoms with E-state index in [0.717, 1.165) is 0 Å². The van der Waals surface area contributed by atoms with Crippen LogP contribution in [0.2, 0.25) is 0 Å². The first kappa shape index (κ1) is 12.7. The Hall–Kier alpha value is -1.39. The summed E-state index contributed by atoms with van der Waals surface area (Å²) in [7, 11) is 0. The first-order chi connectivity index (χ1) is 7.36. The molecule has 0 bridgehead atoms. The number of amides is 2. The summed E-state index contributed by atoms with van der Waals surface area (Å²) in [5.41, 5.74) is 0. The Morgan fingerprint density at radius 1 is 1.31 bits per heavy atom. The number of hydrogen-bond acceptors (Lipinski definition) is 4. The summed E-state index contributed by atoms with van der Waals surface area (Å²) >= 11 is 0. The monoisotopic (exact) mass is 227 g/mol. The summed E-state index contributed by atoms with van der Waals surface area (Å²) in [6, 6.07) is -0.392. The normalized spacial score (nSPS) is 27.1. The van der Waals surface area contributed by atoms with Crippen LogP contribution in [0.15, 0.2) is 0 Å². The van der Waals surface area contributed by atoms with E-state index in [0.29, 0.717) is 0 Å². The number of imide groups is 1. The minimum absolute atomic E-state index is 0.0618. The van der Waals surface area contributed by atoms with Crippen LogP contribution < -0.4 is 0 Å². The Morgan fingerprint density at radius 2 is 1.75 bits per heavy atom. The molecular weight excluding hydrogens is 210 g/mol. The molecule has 1 fully saturated rings. The number of esters is 1. The van der Waals surface area contributed by atoms with Crippen molar-refractivity contribution in [3.05, 3.63) is 0 Å². The van der Waals surface area contributed by atoms with Crippen molar-refractivity contribution in [3.8, 4) is 0 Å². The molecule has 1 saturated heterocycles. The van der Waals surface area contributed by atoms with Gasteiger partial charge in [0, 0.05) is 18.8 Å². The highest BCUT2D eigenvalue weighted by Crippen LogP contribution is 2.27. The van der Waals surface area contributed by atoms with Gasteiger partial charge in [0.05, 0.1) is 6.04 Å². The maximum Gasteiger partial charge on any atom is 0.302 e. The van der Waals surface area contributed by atoms with Crippen molar-refractivity contribution >= 4 is 17.8 Å². The minimum atomic E-state index is -0.410. The molecule has 0 aromatic carbocycles. The molecule has 1 unspecified atom stereocenters. The van der Waals surface area contributed by atoms with Crippen LogP contribution in [0, 0.1) is 11.8 Å². The fourth-order valence-corrected chi connectivity index (χ4v) is 1.72. The Morgan fingerprint density at radius 3 is 2.12 bits per heavy atom. The molecule has 1 heterocycles. The lowest BCUT2D eigenvalue weighted by atomic mass is 10.00. The van der Waals surface area contributed by atoms with Gasteiger partial charge in [0.15, 0.2) is 0 Å². The van der Waals surface area contributed by atoms with E-state index in [9.17, 15) is 14.4 Å². The predicted octanol–water partition coefficient (Wildman–Crippen LogP) is 0.579. The maximum absolute atomic E-state index is 11.8. The van der Waals surface area contributed by atoms with Crippen LogP contribution in [0.4, 0.5) is 0 Å². The molecule has 0 radical (unpaired) electrons. The zero-order chi connectivity index (χ0) is 12.5. The molecule has 0 aliphatic carbocycles. The third-order valence-corrected chi connectivity index (χ3v) is 2.97. The molecule has 3 atom stereocenters. The number of rotatable bonds is 3. The molecular formula is C11H17NO4. The van der Waals surface area contributed by atoms with Crippen LogP contribution >= 0.6 is 0 Å². The Bertz CT molecular complexity index is 306. The minimum Gasteiger partial charge on any atom is -0.464 e. The van der Waals surface area contributed by atoms with Crippen LogP contribution in [0.25, 0.3) is 0 Å². The lowest BCUT2D eigenvalue weighted by Crippen LogP contribution is -2.41. The number of carbonyl (C=O) groups excluding carboxylic acids is 3. The van der Waals surface area contributed by atoms with Crippen molar-refractivity contribution in [1.82, 2.24) is 4.90 Å². The largest absolute Gasteiger partial charge is 0.464 e. The molecule has 0 N–H and O–H groups in total. The highest BCUT2D eigenvalue weighted by molar-refractivity contribution is 6.05. The fraction of sp³-hybridized carbons (Fsp3) is 0.727. The van der Waals surface area contributed by atoms with E-state index < -0.39 is 12.0 Å². The molecule has 16 heavy (non-hydrogen) atoms. The van der Waals surface area contributed by atoms with Gasteiger partial charge in [-0.25, -0.2) is 0 Å². The summed E-state index contributed by atoms with van der Waals surface area (Å²) in [6.45, 7) is 6.54. The summed E-state index contributed by atoms with van der Waals surface area (Å²) in [6.07, 6.45) is 0. The van der Waals surface area contributed by atoms with Gasteiger partial charge in [0.25, 0.3) is 0 Å². The molecule has 2 amide bonds. The van der Waals surface area contributed by atoms with Crippen LogP contribution in [0.1, 0.15) is 27.7 Å². The molecule has 0 spiro atoms. The second-order valence-corrected chi connectivity index (χ2v) is 4.28. The number of nitrogens with zero attached hydrogens (tertiary/aromatic N) is 1. The van der Waals surface area contributed by atoms with Gasteiger partial charge in [0.1, 0.15) is 6.61 Å². The standard InChI is InChI=1S/C11H17NO4/c1-6(5-16-9(4)13)12-10(14)7(2)8(3)11(12)15/h6-8H,5H2,1-4H3/t6-,7-,8?/m0/s1. The summed E-state index contributed by atoms with van der Waals surface area (Å²) in [5, 5.41) is 0. The number of ether oxygens (including phenoxy) is 1. The molecule has 90 valence electrons. The zero-order valence-electron chi connectivity index (χ0n) is 10.0. The van der Waals surface area contributed by atoms with Gasteiger partial charge in [-0.3, -0.25) is 19.3 Å². The van der Waals surface area contributed by atoms with E-state index in [1.54, 1.807) is 20.8 Å². The molecule has 1 aliphatic rings. The van der Waals surface area contributed by atoms with E-state index in [1.807, 2.05) is 0 Å². The molecule has 0 saturated carbocycles. The van der Waals surface area contributed by atoms with Gasteiger partial charge in [-0.05, 0) is 6.92 Å².